The summed E-state index contributed by atoms with van der Waals surface area (Å²) in [6, 6.07) is 20.2. The van der Waals surface area contributed by atoms with E-state index in [-0.39, 0.29) is 0 Å². The molecule has 0 bridgehead atoms. The van der Waals surface area contributed by atoms with Gasteiger partial charge in [0, 0.05) is 17.1 Å². The lowest BCUT2D eigenvalue weighted by atomic mass is 10.2. The average molecular weight is 382 g/mol. The van der Waals surface area contributed by atoms with Gasteiger partial charge in [-0.25, -0.2) is 4.98 Å². The molecule has 0 aliphatic rings. The number of aromatic nitrogens is 2. The molecule has 24 heavy (non-hydrogen) atoms. The van der Waals surface area contributed by atoms with Crippen molar-refractivity contribution in [1.82, 2.24) is 9.55 Å². The fraction of sp³-hybridized carbons (Fsp3) is 0.105. The van der Waals surface area contributed by atoms with Crippen LogP contribution in [-0.2, 0) is 13.6 Å². The van der Waals surface area contributed by atoms with Crippen LogP contribution in [0.1, 0.15) is 5.76 Å². The molecular formula is C19H16BrN3O. The molecule has 0 saturated heterocycles. The third kappa shape index (κ3) is 2.83. The summed E-state index contributed by atoms with van der Waals surface area (Å²) in [4.78, 5) is 4.62. The number of anilines is 1. The highest BCUT2D eigenvalue weighted by Gasteiger charge is 2.09. The Morgan fingerprint density at radius 3 is 2.75 bits per heavy atom. The number of nitrogens with zero attached hydrogens (tertiary/aromatic N) is 2. The molecule has 0 aliphatic heterocycles. The number of aryl methyl sites for hydroxylation is 1. The number of halogens is 1. The van der Waals surface area contributed by atoms with Gasteiger partial charge in [-0.15, -0.1) is 0 Å². The van der Waals surface area contributed by atoms with Crippen LogP contribution in [0.5, 0.6) is 0 Å². The van der Waals surface area contributed by atoms with Crippen molar-refractivity contribution in [2.75, 3.05) is 5.32 Å². The van der Waals surface area contributed by atoms with Gasteiger partial charge in [0.1, 0.15) is 11.5 Å². The second kappa shape index (κ2) is 6.17. The van der Waals surface area contributed by atoms with E-state index in [1.165, 1.54) is 0 Å². The summed E-state index contributed by atoms with van der Waals surface area (Å²) in [5, 5.41) is 3.35. The van der Waals surface area contributed by atoms with Crippen molar-refractivity contribution in [1.29, 1.82) is 0 Å². The molecule has 4 aromatic rings. The van der Waals surface area contributed by atoms with E-state index in [4.69, 9.17) is 4.42 Å². The Balaban J connectivity index is 1.53. The largest absolute Gasteiger partial charge is 0.459 e. The smallest absolute Gasteiger partial charge is 0.203 e. The zero-order valence-corrected chi connectivity index (χ0v) is 14.7. The Kier molecular flexibility index (Phi) is 3.86. The molecule has 4 rings (SSSR count). The standard InChI is InChI=1S/C19H16BrN3O/c1-23-17-11-14(20)7-9-16(17)22-19(23)21-12-15-8-10-18(24-15)13-5-3-2-4-6-13/h2-11H,12H2,1H3,(H,21,22). The first kappa shape index (κ1) is 15.0. The minimum atomic E-state index is 0.588. The molecule has 2 aromatic carbocycles. The van der Waals surface area contributed by atoms with Crippen molar-refractivity contribution >= 4 is 32.9 Å². The number of hydrogen-bond acceptors (Lipinski definition) is 3. The van der Waals surface area contributed by atoms with Gasteiger partial charge in [-0.05, 0) is 30.3 Å². The number of hydrogen-bond donors (Lipinski definition) is 1. The van der Waals surface area contributed by atoms with Crippen LogP contribution in [0, 0.1) is 0 Å². The summed E-state index contributed by atoms with van der Waals surface area (Å²) in [5.74, 6) is 2.57. The number of nitrogens with one attached hydrogen (secondary N) is 1. The molecule has 1 N–H and O–H groups in total. The first-order valence-corrected chi connectivity index (χ1v) is 8.50. The van der Waals surface area contributed by atoms with Crippen LogP contribution in [0.3, 0.4) is 0 Å². The van der Waals surface area contributed by atoms with E-state index in [0.29, 0.717) is 6.54 Å². The Labute approximate surface area is 148 Å². The molecule has 0 unspecified atom stereocenters. The number of fused-ring (bicyclic) bond motifs is 1. The normalized spacial score (nSPS) is 11.1. The monoisotopic (exact) mass is 381 g/mol. The van der Waals surface area contributed by atoms with Crippen LogP contribution in [0.2, 0.25) is 0 Å². The number of imidazole rings is 1. The van der Waals surface area contributed by atoms with Gasteiger partial charge in [-0.3, -0.25) is 0 Å². The van der Waals surface area contributed by atoms with E-state index >= 15 is 0 Å². The SMILES string of the molecule is Cn1c(NCc2ccc(-c3ccccc3)o2)nc2ccc(Br)cc21. The highest BCUT2D eigenvalue weighted by molar-refractivity contribution is 9.10. The van der Waals surface area contributed by atoms with E-state index in [9.17, 15) is 0 Å². The Bertz CT molecular complexity index is 988. The van der Waals surface area contributed by atoms with Crippen LogP contribution in [0.15, 0.2) is 69.6 Å². The van der Waals surface area contributed by atoms with Crippen molar-refractivity contribution in [2.24, 2.45) is 7.05 Å². The highest BCUT2D eigenvalue weighted by atomic mass is 79.9. The van der Waals surface area contributed by atoms with Crippen molar-refractivity contribution < 1.29 is 4.42 Å². The van der Waals surface area contributed by atoms with Crippen molar-refractivity contribution in [3.63, 3.8) is 0 Å². The maximum atomic E-state index is 5.92. The zero-order valence-electron chi connectivity index (χ0n) is 13.2. The number of benzene rings is 2. The summed E-state index contributed by atoms with van der Waals surface area (Å²) >= 11 is 3.50. The molecule has 0 aliphatic carbocycles. The highest BCUT2D eigenvalue weighted by Crippen LogP contribution is 2.24. The molecular weight excluding hydrogens is 366 g/mol. The van der Waals surface area contributed by atoms with Gasteiger partial charge in [-0.1, -0.05) is 46.3 Å². The molecule has 2 aromatic heterocycles. The van der Waals surface area contributed by atoms with E-state index in [0.717, 1.165) is 38.5 Å². The quantitative estimate of drug-likeness (QED) is 0.527. The lowest BCUT2D eigenvalue weighted by molar-refractivity contribution is 0.530. The summed E-state index contributed by atoms with van der Waals surface area (Å²) in [5.41, 5.74) is 3.13. The van der Waals surface area contributed by atoms with E-state index in [2.05, 4.69) is 32.3 Å². The molecule has 2 heterocycles. The van der Waals surface area contributed by atoms with Gasteiger partial charge in [0.2, 0.25) is 5.95 Å². The molecule has 0 atom stereocenters. The first-order chi connectivity index (χ1) is 11.7. The predicted molar refractivity (Wildman–Crippen MR) is 99.9 cm³/mol. The number of rotatable bonds is 4. The van der Waals surface area contributed by atoms with E-state index in [1.54, 1.807) is 0 Å². The van der Waals surface area contributed by atoms with E-state index < -0.39 is 0 Å². The molecule has 120 valence electrons. The van der Waals surface area contributed by atoms with Crippen LogP contribution in [0.25, 0.3) is 22.4 Å². The lowest BCUT2D eigenvalue weighted by Gasteiger charge is -2.04. The summed E-state index contributed by atoms with van der Waals surface area (Å²) in [7, 11) is 2.00. The summed E-state index contributed by atoms with van der Waals surface area (Å²) < 4.78 is 9.00. The zero-order chi connectivity index (χ0) is 16.5. The third-order valence-corrected chi connectivity index (χ3v) is 4.48. The maximum Gasteiger partial charge on any atom is 0.203 e. The summed E-state index contributed by atoms with van der Waals surface area (Å²) in [6.45, 7) is 0.588. The molecule has 0 fully saturated rings. The molecule has 5 heteroatoms. The van der Waals surface area contributed by atoms with Gasteiger partial charge >= 0.3 is 0 Å². The molecule has 0 amide bonds. The van der Waals surface area contributed by atoms with Crippen LogP contribution in [-0.4, -0.2) is 9.55 Å². The average Bonchev–Trinajstić information content (AvgIpc) is 3.19. The van der Waals surface area contributed by atoms with Crippen molar-refractivity contribution in [3.05, 3.63) is 70.9 Å². The predicted octanol–water partition coefficient (Wildman–Crippen LogP) is 5.21. The number of furan rings is 1. The fourth-order valence-electron chi connectivity index (χ4n) is 2.72. The van der Waals surface area contributed by atoms with Crippen LogP contribution >= 0.6 is 15.9 Å². The van der Waals surface area contributed by atoms with Crippen molar-refractivity contribution in [3.8, 4) is 11.3 Å². The van der Waals surface area contributed by atoms with Gasteiger partial charge in [0.15, 0.2) is 0 Å². The minimum absolute atomic E-state index is 0.588. The van der Waals surface area contributed by atoms with Gasteiger partial charge in [0.05, 0.1) is 17.6 Å². The third-order valence-electron chi connectivity index (χ3n) is 3.98. The first-order valence-electron chi connectivity index (χ1n) is 7.71. The Morgan fingerprint density at radius 1 is 1.08 bits per heavy atom. The fourth-order valence-corrected chi connectivity index (χ4v) is 3.07. The Morgan fingerprint density at radius 2 is 1.92 bits per heavy atom. The molecule has 0 radical (unpaired) electrons. The Hall–Kier alpha value is -2.53. The van der Waals surface area contributed by atoms with Crippen LogP contribution < -0.4 is 5.32 Å². The second-order valence-corrected chi connectivity index (χ2v) is 6.53. The molecule has 0 saturated carbocycles. The summed E-state index contributed by atoms with van der Waals surface area (Å²) in [6.07, 6.45) is 0. The maximum absolute atomic E-state index is 5.92. The lowest BCUT2D eigenvalue weighted by Crippen LogP contribution is -2.04. The molecule has 0 spiro atoms. The topological polar surface area (TPSA) is 43.0 Å². The van der Waals surface area contributed by atoms with Gasteiger partial charge in [0.25, 0.3) is 0 Å². The van der Waals surface area contributed by atoms with Crippen LogP contribution in [0.4, 0.5) is 5.95 Å². The van der Waals surface area contributed by atoms with Crippen molar-refractivity contribution in [2.45, 2.75) is 6.54 Å². The van der Waals surface area contributed by atoms with Gasteiger partial charge in [-0.2, -0.15) is 0 Å². The van der Waals surface area contributed by atoms with Gasteiger partial charge < -0.3 is 14.3 Å². The minimum Gasteiger partial charge on any atom is -0.459 e. The second-order valence-electron chi connectivity index (χ2n) is 5.61. The van der Waals surface area contributed by atoms with E-state index in [1.807, 2.05) is 66.2 Å². The molecule has 4 nitrogen and oxygen atoms in total.